The van der Waals surface area contributed by atoms with E-state index >= 15 is 0 Å². The summed E-state index contributed by atoms with van der Waals surface area (Å²) in [5.74, 6) is 0.237. The van der Waals surface area contributed by atoms with Crippen molar-refractivity contribution in [1.82, 2.24) is 0 Å². The maximum absolute atomic E-state index is 11.3. The van der Waals surface area contributed by atoms with Crippen molar-refractivity contribution in [3.63, 3.8) is 0 Å². The highest BCUT2D eigenvalue weighted by Gasteiger charge is 2.27. The van der Waals surface area contributed by atoms with Crippen LogP contribution in [0.4, 0.5) is 0 Å². The van der Waals surface area contributed by atoms with Gasteiger partial charge in [-0.1, -0.05) is 0 Å². The first-order valence-electron chi connectivity index (χ1n) is 5.24. The summed E-state index contributed by atoms with van der Waals surface area (Å²) in [6, 6.07) is 1.98. The van der Waals surface area contributed by atoms with Crippen molar-refractivity contribution < 1.29 is 9.32 Å². The largest absolute Gasteiger partial charge is 0.391 e. The van der Waals surface area contributed by atoms with Gasteiger partial charge in [-0.3, -0.25) is 4.21 Å². The monoisotopic (exact) mass is 204 g/mol. The highest BCUT2D eigenvalue weighted by atomic mass is 32.2. The number of aliphatic hydroxyl groups is 1. The molecular weight excluding hydrogens is 185 g/mol. The third kappa shape index (κ3) is 4.44. The summed E-state index contributed by atoms with van der Waals surface area (Å²) in [6.45, 7) is 3.25. The molecule has 74 valence electrons. The molecule has 0 aliphatic heterocycles. The first kappa shape index (κ1) is 9.23. The molecule has 13 heavy (non-hydrogen) atoms. The molecule has 0 radical (unpaired) electrons. The fourth-order valence-electron chi connectivity index (χ4n) is 0.762. The normalized spacial score (nSPS) is 18.0. The molecule has 0 aromatic carbocycles. The van der Waals surface area contributed by atoms with Gasteiger partial charge in [-0.15, -0.1) is 0 Å². The van der Waals surface area contributed by atoms with Gasteiger partial charge in [0.2, 0.25) is 0 Å². The van der Waals surface area contributed by atoms with Crippen LogP contribution in [0.3, 0.4) is 0 Å². The highest BCUT2D eigenvalue weighted by Crippen LogP contribution is 2.21. The number of nitrogens with zero attached hydrogens (tertiary/aromatic N) is 1. The van der Waals surface area contributed by atoms with Crippen molar-refractivity contribution in [3.8, 4) is 6.07 Å². The van der Waals surface area contributed by atoms with Gasteiger partial charge < -0.3 is 5.11 Å². The van der Waals surface area contributed by atoms with E-state index in [1.165, 1.54) is 0 Å². The van der Waals surface area contributed by atoms with Crippen LogP contribution in [0.2, 0.25) is 0 Å². The lowest BCUT2D eigenvalue weighted by molar-refractivity contribution is 0.0840. The molecule has 0 bridgehead atoms. The predicted octanol–water partition coefficient (Wildman–Crippen LogP) is -0.374. The van der Waals surface area contributed by atoms with Crippen LogP contribution in [0.5, 0.6) is 0 Å². The molecule has 0 aliphatic carbocycles. The van der Waals surface area contributed by atoms with E-state index in [4.69, 9.17) is 7.93 Å². The number of hydrogen-bond acceptors (Lipinski definition) is 3. The van der Waals surface area contributed by atoms with Gasteiger partial charge in [-0.05, 0) is 28.6 Å². The average Bonchev–Trinajstić information content (AvgIpc) is 2.13. The first-order chi connectivity index (χ1) is 6.79. The zero-order valence-corrected chi connectivity index (χ0v) is 8.80. The molecule has 0 heterocycles. The Kier molecular flexibility index (Phi) is 3.84. The average molecular weight is 204 g/mol. The van der Waals surface area contributed by atoms with Gasteiger partial charge in [-0.2, -0.15) is 5.26 Å². The van der Waals surface area contributed by atoms with E-state index in [1.54, 1.807) is 13.8 Å². The Morgan fingerprint density at radius 3 is 3.08 bits per heavy atom. The maximum atomic E-state index is 11.3. The van der Waals surface area contributed by atoms with Gasteiger partial charge in [0.05, 0.1) is 17.6 Å². The van der Waals surface area contributed by atoms with Gasteiger partial charge in [0, 0.05) is 16.6 Å². The molecule has 0 aromatic heterocycles. The first-order valence-corrected chi connectivity index (χ1v) is 5.57. The summed E-state index contributed by atoms with van der Waals surface area (Å²) in [5.41, 5.74) is -0.842. The second-order valence-corrected chi connectivity index (χ2v) is 5.07. The number of hydrogen-bond donors (Lipinski definition) is 1. The summed E-state index contributed by atoms with van der Waals surface area (Å²) in [5, 5.41) is 18.3. The van der Waals surface area contributed by atoms with Crippen LogP contribution in [-0.2, 0) is 10.8 Å². The van der Waals surface area contributed by atoms with E-state index in [2.05, 4.69) is 0 Å². The third-order valence-corrected chi connectivity index (χ3v) is 2.99. The molecule has 0 spiro atoms. The Bertz CT molecular complexity index is 268. The molecule has 0 fully saturated rings. The van der Waals surface area contributed by atoms with Gasteiger partial charge in [-0.25, -0.2) is 0 Å². The van der Waals surface area contributed by atoms with Gasteiger partial charge in [0.25, 0.3) is 0 Å². The minimum absolute atomic E-state index is 0.000295. The molecule has 0 saturated carbocycles. The Labute approximate surface area is 85.7 Å². The molecule has 1 unspecified atom stereocenters. The van der Waals surface area contributed by atoms with Crippen LogP contribution >= 0.6 is 0 Å². The van der Waals surface area contributed by atoms with Gasteiger partial charge >= 0.3 is 0 Å². The van der Waals surface area contributed by atoms with Crippen LogP contribution in [0, 0.1) is 16.7 Å². The van der Waals surface area contributed by atoms with E-state index in [-0.39, 0.29) is 17.8 Å². The lowest BCUT2D eigenvalue weighted by Gasteiger charge is -2.22. The highest BCUT2D eigenvalue weighted by molar-refractivity contribution is 7.86. The predicted molar refractivity (Wildman–Crippen MR) is 56.4 cm³/mol. The lowest BCUT2D eigenvalue weighted by Crippen LogP contribution is -2.29. The quantitative estimate of drug-likeness (QED) is 0.600. The molecule has 0 rings (SSSR count). The number of rotatable bonds is 6. The Morgan fingerprint density at radius 2 is 2.62 bits per heavy atom. The Morgan fingerprint density at radius 1 is 2.00 bits per heavy atom. The van der Waals surface area contributed by atoms with Crippen molar-refractivity contribution in [2.75, 3.05) is 11.4 Å². The second-order valence-electron chi connectivity index (χ2n) is 3.45. The third-order valence-electron chi connectivity index (χ3n) is 1.93. The minimum Gasteiger partial charge on any atom is -0.391 e. The smallest absolute Gasteiger partial charge is 0.117 e. The topological polar surface area (TPSA) is 61.1 Å². The summed E-state index contributed by atoms with van der Waals surface area (Å²) >= 11 is 0. The Hall–Kier alpha value is -0.335. The van der Waals surface area contributed by atoms with Crippen LogP contribution in [0.1, 0.15) is 20.3 Å². The van der Waals surface area contributed by atoms with Crippen LogP contribution in [0.15, 0.2) is 0 Å². The van der Waals surface area contributed by atoms with Crippen LogP contribution in [-0.4, -0.2) is 37.3 Å². The summed E-state index contributed by atoms with van der Waals surface area (Å²) < 4.78 is 25.1. The summed E-state index contributed by atoms with van der Waals surface area (Å²) in [6.07, 6.45) is -0.554. The Balaban J connectivity index is 3.97. The molecule has 3 nitrogen and oxygen atoms in total. The van der Waals surface area contributed by atoms with Crippen molar-refractivity contribution in [1.29, 1.82) is 7.93 Å². The van der Waals surface area contributed by atoms with Crippen LogP contribution in [0.25, 0.3) is 0 Å². The van der Waals surface area contributed by atoms with Gasteiger partial charge in [0.15, 0.2) is 0 Å². The fraction of sp³-hybridized carbons (Fsp3) is 0.875. The van der Waals surface area contributed by atoms with E-state index in [0.717, 1.165) is 0 Å². The van der Waals surface area contributed by atoms with Gasteiger partial charge in [0.1, 0.15) is 7.77 Å². The summed E-state index contributed by atoms with van der Waals surface area (Å²) in [7, 11) is -2.34. The number of aliphatic hydroxyl groups excluding tert-OH is 1. The molecule has 0 amide bonds. The zero-order valence-electron chi connectivity index (χ0n) is 9.99. The molecule has 5 heteroatoms. The molecule has 0 aromatic rings. The fourth-order valence-corrected chi connectivity index (χ4v) is 1.41. The molecular formula is C8H16BNO2S. The summed E-state index contributed by atoms with van der Waals surface area (Å²) in [4.78, 5) is 0. The van der Waals surface area contributed by atoms with E-state index in [9.17, 15) is 9.32 Å². The molecule has 2 atom stereocenters. The standard InChI is InChI=1S/C8H16BNO2S/c1-8(2,5-10)7(11)3-4-13(12)6-9/h7,11H,3-4,6,9H2,1-2H3/t7-,13?/m0/s1/i9TD. The van der Waals surface area contributed by atoms with Crippen molar-refractivity contribution >= 4 is 18.6 Å². The van der Waals surface area contributed by atoms with E-state index in [1.807, 2.05) is 6.07 Å². The van der Waals surface area contributed by atoms with E-state index in [0.29, 0.717) is 0 Å². The zero-order chi connectivity index (χ0) is 12.1. The molecule has 0 aliphatic rings. The minimum atomic E-state index is -1.25. The van der Waals surface area contributed by atoms with E-state index < -0.39 is 30.1 Å². The lowest BCUT2D eigenvalue weighted by atomic mass is 9.87. The maximum Gasteiger partial charge on any atom is 0.117 e. The SMILES string of the molecule is [2H]B([3H])CS(=O)CC[C@H](O)C(C)(C)C#N. The second kappa shape index (κ2) is 5.41. The van der Waals surface area contributed by atoms with Crippen molar-refractivity contribution in [3.05, 3.63) is 0 Å². The van der Waals surface area contributed by atoms with Crippen molar-refractivity contribution in [2.45, 2.75) is 26.4 Å². The van der Waals surface area contributed by atoms with Crippen LogP contribution < -0.4 is 0 Å². The number of nitriles is 1. The molecule has 0 saturated heterocycles. The van der Waals surface area contributed by atoms with Crippen molar-refractivity contribution in [2.24, 2.45) is 5.41 Å². The molecule has 1 N–H and O–H groups in total.